The van der Waals surface area contributed by atoms with Gasteiger partial charge in [-0.1, -0.05) is 0 Å². The molecule has 0 fully saturated rings. The van der Waals surface area contributed by atoms with Gasteiger partial charge in [-0.2, -0.15) is 4.61 Å². The van der Waals surface area contributed by atoms with Gasteiger partial charge in [-0.15, -0.1) is 0 Å². The molecule has 0 amide bonds. The van der Waals surface area contributed by atoms with Crippen molar-refractivity contribution in [2.45, 2.75) is 0 Å². The normalized spacial score (nSPS) is 9.60. The molecule has 32 valence electrons. The summed E-state index contributed by atoms with van der Waals surface area (Å²) in [7, 11) is -2.08. The zero-order valence-corrected chi connectivity index (χ0v) is 3.87. The molecule has 0 spiro atoms. The van der Waals surface area contributed by atoms with E-state index in [2.05, 4.69) is 11.8 Å². The smallest absolute Gasteiger partial charge is 0.265 e. The number of halogens is 1. The summed E-state index contributed by atoms with van der Waals surface area (Å²) in [5.41, 5.74) is 0. The van der Waals surface area contributed by atoms with E-state index in [1.54, 1.807) is 4.61 Å². The fourth-order valence-electron chi connectivity index (χ4n) is 0. The molecule has 0 aromatic carbocycles. The minimum absolute atomic E-state index is 1.68. The molecule has 0 aliphatic carbocycles. The van der Waals surface area contributed by atoms with E-state index in [1.807, 2.05) is 0 Å². The minimum atomic E-state index is -2.08. The van der Waals surface area contributed by atoms with Crippen molar-refractivity contribution in [2.75, 3.05) is 0 Å². The Morgan fingerprint density at radius 2 is 1.80 bits per heavy atom. The molecule has 0 rings (SSSR count). The third-order valence-corrected chi connectivity index (χ3v) is 0.680. The first-order chi connectivity index (χ1) is 2.27. The maximum absolute atomic E-state index is 7.74. The zero-order valence-electron chi connectivity index (χ0n) is 2.22. The Morgan fingerprint density at radius 1 is 1.60 bits per heavy atom. The van der Waals surface area contributed by atoms with Crippen molar-refractivity contribution in [3.8, 4) is 0 Å². The van der Waals surface area contributed by atoms with Crippen LogP contribution in [0.25, 0.3) is 0 Å². The van der Waals surface area contributed by atoms with Crippen LogP contribution in [0.5, 0.6) is 0 Å². The molecular weight excluding hydrogens is 112 g/mol. The van der Waals surface area contributed by atoms with Crippen LogP contribution in [0.2, 0.25) is 0 Å². The molecule has 0 heterocycles. The highest BCUT2D eigenvalue weighted by atomic mass is 35.5. The van der Waals surface area contributed by atoms with Crippen molar-refractivity contribution in [3.63, 3.8) is 0 Å². The molecule has 3 N–H and O–H groups in total. The molecule has 0 unspecified atom stereocenters. The standard InChI is InChI=1S/ClH3NO2P/c1-2-5(3)4/h2-4H. The summed E-state index contributed by atoms with van der Waals surface area (Å²) in [5.74, 6) is 0. The second kappa shape index (κ2) is 2.82. The second-order valence-corrected chi connectivity index (χ2v) is 1.63. The van der Waals surface area contributed by atoms with Crippen LogP contribution in [-0.4, -0.2) is 9.79 Å². The quantitative estimate of drug-likeness (QED) is 0.332. The summed E-state index contributed by atoms with van der Waals surface area (Å²) in [4.78, 5) is 15.5. The van der Waals surface area contributed by atoms with Crippen LogP contribution < -0.4 is 4.61 Å². The van der Waals surface area contributed by atoms with E-state index in [9.17, 15) is 0 Å². The van der Waals surface area contributed by atoms with Gasteiger partial charge in [0, 0.05) is 0 Å². The predicted octanol–water partition coefficient (Wildman–Crippen LogP) is -0.0587. The van der Waals surface area contributed by atoms with E-state index >= 15 is 0 Å². The fraction of sp³-hybridized carbons (Fsp3) is 0. The maximum atomic E-state index is 7.74. The first kappa shape index (κ1) is 5.60. The Morgan fingerprint density at radius 3 is 1.80 bits per heavy atom. The van der Waals surface area contributed by atoms with Crippen molar-refractivity contribution in [2.24, 2.45) is 0 Å². The summed E-state index contributed by atoms with van der Waals surface area (Å²) in [6.45, 7) is 0. The Hall–Kier alpha value is 0.600. The summed E-state index contributed by atoms with van der Waals surface area (Å²) in [5, 5.41) is 0. The fourth-order valence-corrected chi connectivity index (χ4v) is 0. The van der Waals surface area contributed by atoms with Gasteiger partial charge in [0.1, 0.15) is 0 Å². The van der Waals surface area contributed by atoms with Gasteiger partial charge in [-0.3, -0.25) is 0 Å². The Labute approximate surface area is 35.7 Å². The number of nitrogens with one attached hydrogen (secondary N) is 1. The van der Waals surface area contributed by atoms with E-state index in [-0.39, 0.29) is 0 Å². The van der Waals surface area contributed by atoms with Crippen LogP contribution in [0.1, 0.15) is 0 Å². The van der Waals surface area contributed by atoms with E-state index < -0.39 is 8.53 Å². The molecule has 0 saturated heterocycles. The van der Waals surface area contributed by atoms with Gasteiger partial charge in [-0.05, 0) is 11.8 Å². The molecular formula is H3ClNO2P. The Balaban J connectivity index is 2.54. The van der Waals surface area contributed by atoms with Crippen LogP contribution in [0.3, 0.4) is 0 Å². The Kier molecular flexibility index (Phi) is 3.16. The highest BCUT2D eigenvalue weighted by Crippen LogP contribution is 2.15. The molecule has 0 bridgehead atoms. The molecule has 0 saturated carbocycles. The van der Waals surface area contributed by atoms with E-state index in [4.69, 9.17) is 9.79 Å². The van der Waals surface area contributed by atoms with Gasteiger partial charge < -0.3 is 9.79 Å². The van der Waals surface area contributed by atoms with Crippen LogP contribution in [0.15, 0.2) is 0 Å². The topological polar surface area (TPSA) is 52.5 Å². The van der Waals surface area contributed by atoms with Crippen molar-refractivity contribution in [3.05, 3.63) is 0 Å². The largest absolute Gasteiger partial charge is 0.337 e. The molecule has 0 radical (unpaired) electrons. The number of hydrogen-bond acceptors (Lipinski definition) is 3. The minimum Gasteiger partial charge on any atom is -0.337 e. The molecule has 5 heavy (non-hydrogen) atoms. The molecule has 5 heteroatoms. The molecule has 3 nitrogen and oxygen atoms in total. The highest BCUT2D eigenvalue weighted by molar-refractivity contribution is 7.44. The van der Waals surface area contributed by atoms with Crippen LogP contribution in [-0.2, 0) is 0 Å². The zero-order chi connectivity index (χ0) is 4.28. The van der Waals surface area contributed by atoms with Gasteiger partial charge in [-0.25, -0.2) is 0 Å². The van der Waals surface area contributed by atoms with E-state index in [1.165, 1.54) is 0 Å². The molecule has 0 aromatic rings. The Bertz CT molecular complexity index is 23.6. The monoisotopic (exact) mass is 115 g/mol. The van der Waals surface area contributed by atoms with E-state index in [0.717, 1.165) is 0 Å². The average Bonchev–Trinajstić information content (AvgIpc) is 1.38. The van der Waals surface area contributed by atoms with Crippen LogP contribution in [0.4, 0.5) is 0 Å². The van der Waals surface area contributed by atoms with Gasteiger partial charge in [0.05, 0.1) is 0 Å². The summed E-state index contributed by atoms with van der Waals surface area (Å²) >= 11 is 4.62. The van der Waals surface area contributed by atoms with Gasteiger partial charge in [0.25, 0.3) is 8.53 Å². The molecule has 0 atom stereocenters. The van der Waals surface area contributed by atoms with Gasteiger partial charge in [0.15, 0.2) is 0 Å². The van der Waals surface area contributed by atoms with Crippen LogP contribution >= 0.6 is 20.3 Å². The van der Waals surface area contributed by atoms with E-state index in [0.29, 0.717) is 0 Å². The summed E-state index contributed by atoms with van der Waals surface area (Å²) in [6, 6.07) is 0. The number of hydrogen-bond donors (Lipinski definition) is 3. The lowest BCUT2D eigenvalue weighted by atomic mass is 13.9. The third-order valence-electron chi connectivity index (χ3n) is 0.0756. The first-order valence-electron chi connectivity index (χ1n) is 0.813. The van der Waals surface area contributed by atoms with Crippen molar-refractivity contribution in [1.29, 1.82) is 0 Å². The van der Waals surface area contributed by atoms with Gasteiger partial charge in [0.2, 0.25) is 0 Å². The second-order valence-electron chi connectivity index (χ2n) is 0.374. The molecule has 0 aliphatic rings. The molecule has 0 aliphatic heterocycles. The predicted molar refractivity (Wildman–Crippen MR) is 20.3 cm³/mol. The summed E-state index contributed by atoms with van der Waals surface area (Å²) < 4.78 is 1.68. The molecule has 0 aromatic heterocycles. The maximum Gasteiger partial charge on any atom is 0.265 e. The average molecular weight is 115 g/mol. The first-order valence-corrected chi connectivity index (χ1v) is 2.44. The SMILES string of the molecule is OP(O)NCl. The van der Waals surface area contributed by atoms with Crippen molar-refractivity contribution >= 4 is 20.3 Å². The third kappa shape index (κ3) is 4.60. The van der Waals surface area contributed by atoms with Crippen molar-refractivity contribution < 1.29 is 9.79 Å². The van der Waals surface area contributed by atoms with Crippen molar-refractivity contribution in [1.82, 2.24) is 4.61 Å². The number of rotatable bonds is 1. The van der Waals surface area contributed by atoms with Gasteiger partial charge >= 0.3 is 0 Å². The highest BCUT2D eigenvalue weighted by Gasteiger charge is 1.85. The lowest BCUT2D eigenvalue weighted by molar-refractivity contribution is 0.479. The van der Waals surface area contributed by atoms with Crippen LogP contribution in [0, 0.1) is 0 Å². The summed E-state index contributed by atoms with van der Waals surface area (Å²) in [6.07, 6.45) is 0. The lowest BCUT2D eigenvalue weighted by Gasteiger charge is -1.88. The lowest BCUT2D eigenvalue weighted by Crippen LogP contribution is -1.83.